The molecular formula is C8H16O. The van der Waals surface area contributed by atoms with E-state index in [2.05, 4.69) is 13.5 Å². The maximum Gasteiger partial charge on any atom is 0.0583 e. The Hall–Kier alpha value is -0.300. The predicted octanol–water partition coefficient (Wildman–Crippen LogP) is 2.38. The second kappa shape index (κ2) is 4.57. The van der Waals surface area contributed by atoms with E-state index in [-0.39, 0.29) is 0 Å². The first-order chi connectivity index (χ1) is 4.16. The summed E-state index contributed by atoms with van der Waals surface area (Å²) in [6.07, 6.45) is 1.32. The summed E-state index contributed by atoms with van der Waals surface area (Å²) in [5.74, 6) is 0. The van der Waals surface area contributed by atoms with Gasteiger partial charge in [0.05, 0.1) is 6.10 Å². The first kappa shape index (κ1) is 8.70. The zero-order chi connectivity index (χ0) is 7.28. The fourth-order valence-electron chi connectivity index (χ4n) is 0.834. The van der Waals surface area contributed by atoms with Crippen LogP contribution < -0.4 is 0 Å². The van der Waals surface area contributed by atoms with Gasteiger partial charge < -0.3 is 4.74 Å². The molecule has 0 radical (unpaired) electrons. The highest BCUT2D eigenvalue weighted by Crippen LogP contribution is 2.03. The lowest BCUT2D eigenvalue weighted by Crippen LogP contribution is -2.07. The molecule has 54 valence electrons. The molecule has 0 saturated carbocycles. The third kappa shape index (κ3) is 5.57. The van der Waals surface area contributed by atoms with Crippen LogP contribution in [0.4, 0.5) is 0 Å². The topological polar surface area (TPSA) is 9.23 Å². The standard InChI is InChI=1S/C8H16O/c1-5-9-8(4)6-7(2)3/h8H,2,5-6H2,1,3-4H3/t8-/m0/s1. The summed E-state index contributed by atoms with van der Waals surface area (Å²) in [7, 11) is 0. The molecule has 0 spiro atoms. The van der Waals surface area contributed by atoms with Crippen molar-refractivity contribution in [1.82, 2.24) is 0 Å². The summed E-state index contributed by atoms with van der Waals surface area (Å²) in [6, 6.07) is 0. The molecule has 0 aliphatic carbocycles. The minimum absolute atomic E-state index is 0.340. The van der Waals surface area contributed by atoms with Crippen LogP contribution in [-0.4, -0.2) is 12.7 Å². The monoisotopic (exact) mass is 128 g/mol. The van der Waals surface area contributed by atoms with Gasteiger partial charge in [0.1, 0.15) is 0 Å². The van der Waals surface area contributed by atoms with Crippen LogP contribution in [0.2, 0.25) is 0 Å². The molecule has 0 aromatic carbocycles. The van der Waals surface area contributed by atoms with Crippen LogP contribution >= 0.6 is 0 Å². The fourth-order valence-corrected chi connectivity index (χ4v) is 0.834. The van der Waals surface area contributed by atoms with Crippen molar-refractivity contribution in [2.24, 2.45) is 0 Å². The average molecular weight is 128 g/mol. The van der Waals surface area contributed by atoms with Crippen molar-refractivity contribution < 1.29 is 4.74 Å². The molecule has 0 aromatic heterocycles. The van der Waals surface area contributed by atoms with Crippen LogP contribution in [0, 0.1) is 0 Å². The van der Waals surface area contributed by atoms with E-state index in [4.69, 9.17) is 4.74 Å². The van der Waals surface area contributed by atoms with Crippen molar-refractivity contribution in [1.29, 1.82) is 0 Å². The summed E-state index contributed by atoms with van der Waals surface area (Å²) in [6.45, 7) is 10.7. The van der Waals surface area contributed by atoms with E-state index in [1.165, 1.54) is 5.57 Å². The molecule has 0 saturated heterocycles. The van der Waals surface area contributed by atoms with Gasteiger partial charge >= 0.3 is 0 Å². The Balaban J connectivity index is 3.26. The maximum atomic E-state index is 5.29. The maximum absolute atomic E-state index is 5.29. The van der Waals surface area contributed by atoms with Gasteiger partial charge in [-0.25, -0.2) is 0 Å². The smallest absolute Gasteiger partial charge is 0.0583 e. The Labute approximate surface area is 57.7 Å². The number of hydrogen-bond donors (Lipinski definition) is 0. The molecule has 0 aliphatic heterocycles. The van der Waals surface area contributed by atoms with E-state index in [0.29, 0.717) is 6.10 Å². The van der Waals surface area contributed by atoms with Crippen molar-refractivity contribution in [2.75, 3.05) is 6.61 Å². The number of hydrogen-bond acceptors (Lipinski definition) is 1. The fraction of sp³-hybridized carbons (Fsp3) is 0.750. The molecule has 0 amide bonds. The minimum atomic E-state index is 0.340. The highest BCUT2D eigenvalue weighted by molar-refractivity contribution is 4.89. The van der Waals surface area contributed by atoms with Crippen molar-refractivity contribution in [2.45, 2.75) is 33.3 Å². The molecule has 9 heavy (non-hydrogen) atoms. The highest BCUT2D eigenvalue weighted by atomic mass is 16.5. The lowest BCUT2D eigenvalue weighted by molar-refractivity contribution is 0.0769. The summed E-state index contributed by atoms with van der Waals surface area (Å²) in [4.78, 5) is 0. The van der Waals surface area contributed by atoms with Crippen LogP contribution in [0.1, 0.15) is 27.2 Å². The lowest BCUT2D eigenvalue weighted by Gasteiger charge is -2.09. The van der Waals surface area contributed by atoms with E-state index in [0.717, 1.165) is 13.0 Å². The van der Waals surface area contributed by atoms with Gasteiger partial charge in [0.25, 0.3) is 0 Å². The van der Waals surface area contributed by atoms with Gasteiger partial charge in [0.15, 0.2) is 0 Å². The second-order valence-corrected chi connectivity index (χ2v) is 2.43. The molecule has 1 heteroatoms. The van der Waals surface area contributed by atoms with Gasteiger partial charge in [-0.3, -0.25) is 0 Å². The van der Waals surface area contributed by atoms with Gasteiger partial charge in [0.2, 0.25) is 0 Å². The van der Waals surface area contributed by atoms with Crippen LogP contribution in [-0.2, 0) is 4.74 Å². The van der Waals surface area contributed by atoms with Crippen LogP contribution in [0.25, 0.3) is 0 Å². The Kier molecular flexibility index (Phi) is 4.41. The quantitative estimate of drug-likeness (QED) is 0.528. The number of ether oxygens (including phenoxy) is 1. The van der Waals surface area contributed by atoms with E-state index < -0.39 is 0 Å². The van der Waals surface area contributed by atoms with Gasteiger partial charge in [-0.2, -0.15) is 0 Å². The summed E-state index contributed by atoms with van der Waals surface area (Å²) >= 11 is 0. The van der Waals surface area contributed by atoms with Crippen molar-refractivity contribution in [3.8, 4) is 0 Å². The van der Waals surface area contributed by atoms with E-state index in [9.17, 15) is 0 Å². The third-order valence-corrected chi connectivity index (χ3v) is 1.09. The van der Waals surface area contributed by atoms with Crippen molar-refractivity contribution in [3.63, 3.8) is 0 Å². The molecule has 0 bridgehead atoms. The Morgan fingerprint density at radius 2 is 2.22 bits per heavy atom. The zero-order valence-corrected chi connectivity index (χ0v) is 6.61. The predicted molar refractivity (Wildman–Crippen MR) is 40.5 cm³/mol. The second-order valence-electron chi connectivity index (χ2n) is 2.43. The Morgan fingerprint density at radius 3 is 2.56 bits per heavy atom. The van der Waals surface area contributed by atoms with Crippen LogP contribution in [0.15, 0.2) is 12.2 Å². The molecule has 0 rings (SSSR count). The largest absolute Gasteiger partial charge is 0.378 e. The SMILES string of the molecule is C=C(C)C[C@H](C)OCC. The molecule has 1 atom stereocenters. The van der Waals surface area contributed by atoms with Gasteiger partial charge in [-0.15, -0.1) is 6.58 Å². The molecular weight excluding hydrogens is 112 g/mol. The molecule has 0 aromatic rings. The summed E-state index contributed by atoms with van der Waals surface area (Å²) < 4.78 is 5.29. The zero-order valence-electron chi connectivity index (χ0n) is 6.61. The van der Waals surface area contributed by atoms with Gasteiger partial charge in [0, 0.05) is 6.61 Å². The van der Waals surface area contributed by atoms with Crippen LogP contribution in [0.5, 0.6) is 0 Å². The van der Waals surface area contributed by atoms with Crippen molar-refractivity contribution in [3.05, 3.63) is 12.2 Å². The third-order valence-electron chi connectivity index (χ3n) is 1.09. The van der Waals surface area contributed by atoms with Crippen LogP contribution in [0.3, 0.4) is 0 Å². The molecule has 1 nitrogen and oxygen atoms in total. The summed E-state index contributed by atoms with van der Waals surface area (Å²) in [5.41, 5.74) is 1.19. The molecule has 0 fully saturated rings. The first-order valence-electron chi connectivity index (χ1n) is 3.42. The average Bonchev–Trinajstić information content (AvgIpc) is 1.63. The highest BCUT2D eigenvalue weighted by Gasteiger charge is 1.98. The normalized spacial score (nSPS) is 13.2. The summed E-state index contributed by atoms with van der Waals surface area (Å²) in [5, 5.41) is 0. The minimum Gasteiger partial charge on any atom is -0.378 e. The molecule has 0 heterocycles. The number of rotatable bonds is 4. The van der Waals surface area contributed by atoms with Gasteiger partial charge in [-0.1, -0.05) is 5.57 Å². The molecule has 0 N–H and O–H groups in total. The van der Waals surface area contributed by atoms with E-state index in [1.807, 2.05) is 13.8 Å². The van der Waals surface area contributed by atoms with E-state index >= 15 is 0 Å². The van der Waals surface area contributed by atoms with Gasteiger partial charge in [-0.05, 0) is 27.2 Å². The Bertz CT molecular complexity index is 86.6. The van der Waals surface area contributed by atoms with Crippen molar-refractivity contribution >= 4 is 0 Å². The first-order valence-corrected chi connectivity index (χ1v) is 3.42. The molecule has 0 aliphatic rings. The Morgan fingerprint density at radius 1 is 1.67 bits per heavy atom. The van der Waals surface area contributed by atoms with E-state index in [1.54, 1.807) is 0 Å². The molecule has 0 unspecified atom stereocenters. The lowest BCUT2D eigenvalue weighted by atomic mass is 10.2.